The van der Waals surface area contributed by atoms with Gasteiger partial charge in [-0.05, 0) is 130 Å². The van der Waals surface area contributed by atoms with Gasteiger partial charge < -0.3 is 93.8 Å². The van der Waals surface area contributed by atoms with Crippen molar-refractivity contribution in [1.29, 1.82) is 0 Å². The Morgan fingerprint density at radius 1 is 0.512 bits per heavy atom. The van der Waals surface area contributed by atoms with Crippen molar-refractivity contribution >= 4 is 54.3 Å². The van der Waals surface area contributed by atoms with E-state index in [1.807, 2.05) is 0 Å². The van der Waals surface area contributed by atoms with Crippen LogP contribution in [0.1, 0.15) is 164 Å². The average molecular weight is 1180 g/mol. The van der Waals surface area contributed by atoms with E-state index in [1.165, 1.54) is 0 Å². The molecule has 2 heterocycles. The van der Waals surface area contributed by atoms with Gasteiger partial charge in [0.15, 0.2) is 30.9 Å². The van der Waals surface area contributed by atoms with Crippen molar-refractivity contribution in [3.05, 3.63) is 0 Å². The van der Waals surface area contributed by atoms with Gasteiger partial charge in [-0.25, -0.2) is 24.0 Å². The van der Waals surface area contributed by atoms with Crippen LogP contribution in [0.25, 0.3) is 0 Å². The van der Waals surface area contributed by atoms with Crippen molar-refractivity contribution in [2.24, 2.45) is 0 Å². The molecule has 470 valence electrons. The molecule has 0 radical (unpaired) electrons. The number of esters is 3. The maximum atomic E-state index is 14.6. The number of ether oxygens (including phenoxy) is 12. The van der Waals surface area contributed by atoms with Crippen LogP contribution in [0.15, 0.2) is 0 Å². The Kier molecular flexibility index (Phi) is 25.3. The maximum absolute atomic E-state index is 14.6. The lowest BCUT2D eigenvalue weighted by atomic mass is 9.83. The lowest BCUT2D eigenvalue weighted by Crippen LogP contribution is -2.71. The highest BCUT2D eigenvalue weighted by molar-refractivity contribution is 5.84. The van der Waals surface area contributed by atoms with Crippen LogP contribution in [-0.2, 0) is 76.0 Å². The first-order valence-corrected chi connectivity index (χ1v) is 27.6. The van der Waals surface area contributed by atoms with Crippen LogP contribution in [0.4, 0.5) is 24.0 Å². The zero-order valence-corrected chi connectivity index (χ0v) is 51.1. The third kappa shape index (κ3) is 25.3. The average Bonchev–Trinajstić information content (AvgIpc) is 3.27. The van der Waals surface area contributed by atoms with Crippen LogP contribution in [0.3, 0.4) is 0 Å². The summed E-state index contributed by atoms with van der Waals surface area (Å²) in [6.45, 7) is 29.1. The van der Waals surface area contributed by atoms with Crippen LogP contribution >= 0.6 is 0 Å². The van der Waals surface area contributed by atoms with Gasteiger partial charge in [-0.2, -0.15) is 0 Å². The quantitative estimate of drug-likeness (QED) is 0.0730. The number of aliphatic hydroxyl groups is 1. The molecule has 0 aromatic rings. The van der Waals surface area contributed by atoms with E-state index in [1.54, 1.807) is 111 Å². The fourth-order valence-corrected chi connectivity index (χ4v) is 8.81. The molecule has 14 atom stereocenters. The molecule has 2 aliphatic heterocycles. The van der Waals surface area contributed by atoms with E-state index in [4.69, 9.17) is 56.8 Å². The zero-order chi connectivity index (χ0) is 62.5. The number of hydrogen-bond acceptors (Lipinski definition) is 22. The van der Waals surface area contributed by atoms with E-state index in [2.05, 4.69) is 31.9 Å². The molecule has 1 saturated carbocycles. The number of carbonyl (C=O) groups is 9. The first-order chi connectivity index (χ1) is 37.5. The zero-order valence-electron chi connectivity index (χ0n) is 51.1. The molecule has 3 fully saturated rings. The monoisotopic (exact) mass is 1180 g/mol. The van der Waals surface area contributed by atoms with E-state index >= 15 is 0 Å². The highest BCUT2D eigenvalue weighted by atomic mass is 16.7. The minimum absolute atomic E-state index is 0.0779. The molecule has 0 spiro atoms. The molecule has 0 aromatic heterocycles. The molecule has 2 saturated heterocycles. The predicted octanol–water partition coefficient (Wildman–Crippen LogP) is 4.56. The number of rotatable bonds is 18. The smallest absolute Gasteiger partial charge is 0.408 e. The van der Waals surface area contributed by atoms with Crippen molar-refractivity contribution in [3.63, 3.8) is 0 Å². The lowest BCUT2D eigenvalue weighted by molar-refractivity contribution is -0.316. The largest absolute Gasteiger partial charge is 0.457 e. The molecule has 28 nitrogen and oxygen atoms in total. The van der Waals surface area contributed by atoms with Crippen LogP contribution in [-0.4, -0.2) is 186 Å². The standard InChI is InChI=1S/C54H92N6O22/c1-20-34-40(72-28(3)62)36(60-49(70)82-54(17,18)19)41(73-29(4)63)44(75-34)77-38-32(57-42(65)35(71-27(2)61)23-24-55-45(66)78-50(5,6)7)25-33(59-48(69)81-53(14,15)16)39(37(38)64)76-43-31(58-47(68)80-52(11,12)13)22-21-30(74-43)26-56-46(67)79-51(8,9)10/h30-41,43-44,64H,20-26H2,1-19H3,(H,55,66)(H,56,67)(H,57,65)(H,58,68)(H,59,69)(H,60,70)/t30?,31?,32-,33+,34?,35+,36+,37?,38+,39?,40-,41?,43-,44-/m1/s1. The molecule has 82 heavy (non-hydrogen) atoms. The third-order valence-electron chi connectivity index (χ3n) is 11.6. The van der Waals surface area contributed by atoms with Gasteiger partial charge in [0, 0.05) is 40.3 Å². The second kappa shape index (κ2) is 29.5. The summed E-state index contributed by atoms with van der Waals surface area (Å²) in [5.41, 5.74) is -4.79. The van der Waals surface area contributed by atoms with Gasteiger partial charge in [0.2, 0.25) is 0 Å². The number of alkyl carbamates (subject to hydrolysis) is 5. The highest BCUT2D eigenvalue weighted by Gasteiger charge is 2.56. The molecule has 6 unspecified atom stereocenters. The number of nitrogens with one attached hydrogen (secondary N) is 6. The summed E-state index contributed by atoms with van der Waals surface area (Å²) >= 11 is 0. The molecular weight excluding hydrogens is 1080 g/mol. The third-order valence-corrected chi connectivity index (χ3v) is 11.6. The Hall–Kier alpha value is -5.97. The van der Waals surface area contributed by atoms with Gasteiger partial charge in [-0.1, -0.05) is 6.92 Å². The van der Waals surface area contributed by atoms with Crippen LogP contribution in [0.2, 0.25) is 0 Å². The fraction of sp³-hybridized carbons (Fsp3) is 0.833. The van der Waals surface area contributed by atoms with Gasteiger partial charge in [0.05, 0.1) is 30.3 Å². The predicted molar refractivity (Wildman–Crippen MR) is 288 cm³/mol. The minimum Gasteiger partial charge on any atom is -0.457 e. The molecule has 7 N–H and O–H groups in total. The second-order valence-corrected chi connectivity index (χ2v) is 25.2. The Labute approximate surface area is 480 Å². The summed E-state index contributed by atoms with van der Waals surface area (Å²) < 4.78 is 70.8. The summed E-state index contributed by atoms with van der Waals surface area (Å²) in [4.78, 5) is 119. The molecule has 3 aliphatic rings. The topological polar surface area (TPSA) is 357 Å². The number of amides is 6. The van der Waals surface area contributed by atoms with Gasteiger partial charge in [0.25, 0.3) is 5.91 Å². The van der Waals surface area contributed by atoms with Crippen LogP contribution in [0.5, 0.6) is 0 Å². The molecule has 3 rings (SSSR count). The van der Waals surface area contributed by atoms with Crippen LogP contribution < -0.4 is 31.9 Å². The van der Waals surface area contributed by atoms with Crippen molar-refractivity contribution in [3.8, 4) is 0 Å². The lowest BCUT2D eigenvalue weighted by Gasteiger charge is -2.50. The SMILES string of the molecule is CCC1O[C@H](O[C@@H]2C(O)C(O[C@H]3OC(CNC(=O)OC(C)(C)C)CCC3NC(=O)OC(C)(C)C)[C@@H](NC(=O)OC(C)(C)C)C[C@H]2NC(=O)[C@H](CCNC(=O)OC(C)(C)C)OC(C)=O)C(OC(C)=O)[C@@H](NC(=O)OC(C)(C)C)[C@@H]1OC(C)=O. The van der Waals surface area contributed by atoms with Crippen LogP contribution in [0, 0.1) is 0 Å². The van der Waals surface area contributed by atoms with Gasteiger partial charge >= 0.3 is 48.4 Å². The summed E-state index contributed by atoms with van der Waals surface area (Å²) in [6, 6.07) is -5.35. The van der Waals surface area contributed by atoms with E-state index < -0.39 is 174 Å². The first-order valence-electron chi connectivity index (χ1n) is 27.6. The Bertz CT molecular complexity index is 2200. The fourth-order valence-electron chi connectivity index (χ4n) is 8.81. The molecule has 0 aromatic carbocycles. The Balaban J connectivity index is 2.31. The minimum atomic E-state index is -2.03. The Morgan fingerprint density at radius 3 is 1.43 bits per heavy atom. The summed E-state index contributed by atoms with van der Waals surface area (Å²) in [7, 11) is 0. The molecule has 28 heteroatoms. The van der Waals surface area contributed by atoms with Crippen molar-refractivity contribution in [2.75, 3.05) is 13.1 Å². The highest BCUT2D eigenvalue weighted by Crippen LogP contribution is 2.36. The summed E-state index contributed by atoms with van der Waals surface area (Å²) in [5.74, 6) is -3.59. The van der Waals surface area contributed by atoms with E-state index in [-0.39, 0.29) is 38.8 Å². The second-order valence-electron chi connectivity index (χ2n) is 25.2. The number of carbonyl (C=O) groups excluding carboxylic acids is 9. The summed E-state index contributed by atoms with van der Waals surface area (Å²) in [5, 5.41) is 29.1. The number of hydrogen-bond donors (Lipinski definition) is 7. The van der Waals surface area contributed by atoms with E-state index in [9.17, 15) is 48.3 Å². The van der Waals surface area contributed by atoms with Gasteiger partial charge in [-0.3, -0.25) is 19.2 Å². The molecule has 6 amide bonds. The van der Waals surface area contributed by atoms with Crippen molar-refractivity contribution in [2.45, 2.75) is 277 Å². The Morgan fingerprint density at radius 2 is 0.951 bits per heavy atom. The van der Waals surface area contributed by atoms with Gasteiger partial charge in [-0.15, -0.1) is 0 Å². The number of aliphatic hydroxyl groups excluding tert-OH is 1. The molecular formula is C54H92N6O22. The first kappa shape index (κ1) is 70.3. The normalized spacial score (nSPS) is 27.3. The van der Waals surface area contributed by atoms with E-state index in [0.29, 0.717) is 0 Å². The van der Waals surface area contributed by atoms with Gasteiger partial charge in [0.1, 0.15) is 52.4 Å². The van der Waals surface area contributed by atoms with Crippen molar-refractivity contribution in [1.82, 2.24) is 31.9 Å². The van der Waals surface area contributed by atoms with E-state index in [0.717, 1.165) is 20.8 Å². The molecule has 1 aliphatic carbocycles. The maximum Gasteiger partial charge on any atom is 0.408 e. The molecule has 0 bridgehead atoms. The van der Waals surface area contributed by atoms with Crippen molar-refractivity contribution < 1.29 is 105 Å². The summed E-state index contributed by atoms with van der Waals surface area (Å²) in [6.07, 6.45) is -20.1.